The number of hydrogen-bond donors (Lipinski definition) is 1. The van der Waals surface area contributed by atoms with E-state index in [4.69, 9.17) is 4.74 Å². The van der Waals surface area contributed by atoms with Gasteiger partial charge in [-0.1, -0.05) is 43.7 Å². The van der Waals surface area contributed by atoms with Crippen molar-refractivity contribution >= 4 is 18.6 Å². The maximum atomic E-state index is 11.5. The molecule has 2 nitrogen and oxygen atoms in total. The minimum Gasteiger partial charge on any atom is -0.465 e. The maximum Gasteiger partial charge on any atom is 0.323 e. The molecular formula is C12H16ArO2S. The summed E-state index contributed by atoms with van der Waals surface area (Å²) < 4.78 is 5.08. The minimum absolute atomic E-state index is 0. The third-order valence-corrected chi connectivity index (χ3v) is 2.59. The third-order valence-electron chi connectivity index (χ3n) is 2.08. The first-order valence-corrected chi connectivity index (χ1v) is 5.67. The van der Waals surface area contributed by atoms with Gasteiger partial charge in [-0.25, -0.2) is 0 Å². The third kappa shape index (κ3) is 5.58. The van der Waals surface area contributed by atoms with E-state index in [2.05, 4.69) is 19.6 Å². The van der Waals surface area contributed by atoms with Crippen molar-refractivity contribution in [3.8, 4) is 0 Å². The van der Waals surface area contributed by atoms with E-state index < -0.39 is 5.25 Å². The first-order chi connectivity index (χ1) is 7.25. The van der Waals surface area contributed by atoms with Gasteiger partial charge in [0.25, 0.3) is 0 Å². The summed E-state index contributed by atoms with van der Waals surface area (Å²) >= 11 is 4.24. The van der Waals surface area contributed by atoms with Gasteiger partial charge >= 0.3 is 5.97 Å². The molecule has 1 rings (SSSR count). The van der Waals surface area contributed by atoms with Crippen molar-refractivity contribution in [3.05, 3.63) is 35.9 Å². The van der Waals surface area contributed by atoms with Gasteiger partial charge in [0.2, 0.25) is 0 Å². The molecule has 0 N–H and O–H groups in total. The number of thiol groups is 1. The van der Waals surface area contributed by atoms with Gasteiger partial charge in [0, 0.05) is 37.7 Å². The van der Waals surface area contributed by atoms with Crippen LogP contribution >= 0.6 is 12.6 Å². The topological polar surface area (TPSA) is 26.3 Å². The molecule has 1 atom stereocenters. The van der Waals surface area contributed by atoms with Crippen LogP contribution in [0.1, 0.15) is 30.6 Å². The summed E-state index contributed by atoms with van der Waals surface area (Å²) in [6.07, 6.45) is 1.93. The zero-order valence-corrected chi connectivity index (χ0v) is 10.8. The molecule has 0 heterocycles. The molecule has 0 aliphatic rings. The van der Waals surface area contributed by atoms with E-state index in [0.717, 1.165) is 18.4 Å². The number of hydrogen-bond acceptors (Lipinski definition) is 3. The smallest absolute Gasteiger partial charge is 0.323 e. The molecular weight excluding hydrogens is 248 g/mol. The molecule has 0 amide bonds. The molecule has 90 valence electrons. The molecule has 0 aliphatic heterocycles. The van der Waals surface area contributed by atoms with E-state index in [1.165, 1.54) is 0 Å². The Labute approximate surface area is 132 Å². The van der Waals surface area contributed by atoms with Crippen LogP contribution in [0.5, 0.6) is 0 Å². The SMILES string of the molecule is CCCCOC(=O)C(S)c1ccccc1.[Ar]. The van der Waals surface area contributed by atoms with Gasteiger partial charge in [-0.05, 0) is 12.0 Å². The normalized spacial score (nSPS) is 11.4. The van der Waals surface area contributed by atoms with Crippen LogP contribution in [0, 0.1) is 37.7 Å². The van der Waals surface area contributed by atoms with Crippen molar-refractivity contribution in [3.63, 3.8) is 0 Å². The summed E-state index contributed by atoms with van der Waals surface area (Å²) in [4.78, 5) is 11.5. The molecule has 0 aliphatic carbocycles. The quantitative estimate of drug-likeness (QED) is 0.502. The van der Waals surface area contributed by atoms with Crippen LogP contribution in [0.25, 0.3) is 0 Å². The molecule has 0 saturated heterocycles. The molecule has 0 radical (unpaired) electrons. The summed E-state index contributed by atoms with van der Waals surface area (Å²) in [5, 5.41) is -0.469. The molecule has 1 aromatic rings. The number of carbonyl (C=O) groups excluding carboxylic acids is 1. The first-order valence-electron chi connectivity index (χ1n) is 5.15. The van der Waals surface area contributed by atoms with Gasteiger partial charge in [0.05, 0.1) is 6.61 Å². The van der Waals surface area contributed by atoms with Crippen LogP contribution in [0.15, 0.2) is 30.3 Å². The van der Waals surface area contributed by atoms with Crippen LogP contribution in [0.2, 0.25) is 0 Å². The van der Waals surface area contributed by atoms with Crippen molar-refractivity contribution in [2.24, 2.45) is 0 Å². The number of esters is 1. The average Bonchev–Trinajstić information content (AvgIpc) is 2.29. The van der Waals surface area contributed by atoms with Gasteiger partial charge in [0.1, 0.15) is 5.25 Å². The fourth-order valence-corrected chi connectivity index (χ4v) is 1.41. The van der Waals surface area contributed by atoms with Crippen molar-refractivity contribution in [2.45, 2.75) is 25.0 Å². The second kappa shape index (κ2) is 9.34. The van der Waals surface area contributed by atoms with Crippen LogP contribution < -0.4 is 0 Å². The zero-order chi connectivity index (χ0) is 11.1. The van der Waals surface area contributed by atoms with Crippen LogP contribution in [0.3, 0.4) is 0 Å². The molecule has 4 heteroatoms. The summed E-state index contributed by atoms with van der Waals surface area (Å²) in [5.74, 6) is -0.266. The van der Waals surface area contributed by atoms with Crippen molar-refractivity contribution < 1.29 is 47.3 Å². The second-order valence-corrected chi connectivity index (χ2v) is 3.85. The van der Waals surface area contributed by atoms with Crippen molar-refractivity contribution in [2.75, 3.05) is 6.61 Å². The first kappa shape index (κ1) is 16.3. The number of ether oxygens (including phenoxy) is 1. The van der Waals surface area contributed by atoms with Gasteiger partial charge < -0.3 is 4.74 Å². The minimum atomic E-state index is -0.469. The molecule has 0 saturated carbocycles. The van der Waals surface area contributed by atoms with Gasteiger partial charge in [0.15, 0.2) is 0 Å². The summed E-state index contributed by atoms with van der Waals surface area (Å²) in [6.45, 7) is 2.54. The van der Waals surface area contributed by atoms with Crippen LogP contribution in [0.4, 0.5) is 0 Å². The van der Waals surface area contributed by atoms with E-state index in [9.17, 15) is 4.79 Å². The zero-order valence-electron chi connectivity index (χ0n) is 9.20. The summed E-state index contributed by atoms with van der Waals surface area (Å²) in [5.41, 5.74) is 0.877. The monoisotopic (exact) mass is 264 g/mol. The van der Waals surface area contributed by atoms with Gasteiger partial charge in [-0.15, -0.1) is 0 Å². The molecule has 1 unspecified atom stereocenters. The molecule has 16 heavy (non-hydrogen) atoms. The van der Waals surface area contributed by atoms with Crippen LogP contribution in [-0.2, 0) is 9.53 Å². The average molecular weight is 264 g/mol. The Morgan fingerprint density at radius 3 is 2.56 bits per heavy atom. The van der Waals surface area contributed by atoms with E-state index in [1.54, 1.807) is 0 Å². The number of benzene rings is 1. The Balaban J connectivity index is 0.00000225. The number of carbonyl (C=O) groups is 1. The van der Waals surface area contributed by atoms with E-state index in [1.807, 2.05) is 30.3 Å². The molecule has 0 bridgehead atoms. The molecule has 0 aromatic heterocycles. The molecule has 0 spiro atoms. The summed E-state index contributed by atoms with van der Waals surface area (Å²) in [7, 11) is 0. The second-order valence-electron chi connectivity index (χ2n) is 3.33. The van der Waals surface area contributed by atoms with E-state index in [0.29, 0.717) is 6.61 Å². The Hall–Kier alpha value is 0.300. The van der Waals surface area contributed by atoms with E-state index >= 15 is 0 Å². The predicted molar refractivity (Wildman–Crippen MR) is 64.0 cm³/mol. The van der Waals surface area contributed by atoms with Gasteiger partial charge in [-0.2, -0.15) is 12.6 Å². The maximum absolute atomic E-state index is 11.5. The standard InChI is InChI=1S/C12H16O2S.Ar/c1-2-3-9-14-12(13)11(15)10-7-5-4-6-8-10;/h4-8,11,15H,2-3,9H2,1H3;. The largest absolute Gasteiger partial charge is 0.465 e. The molecule has 1 aromatic carbocycles. The Morgan fingerprint density at radius 2 is 2.00 bits per heavy atom. The van der Waals surface area contributed by atoms with E-state index in [-0.39, 0.29) is 43.7 Å². The fraction of sp³-hybridized carbons (Fsp3) is 0.417. The predicted octanol–water partition coefficient (Wildman–Crippen LogP) is 3.00. The van der Waals surface area contributed by atoms with Crippen molar-refractivity contribution in [1.29, 1.82) is 0 Å². The number of unbranched alkanes of at least 4 members (excludes halogenated alkanes) is 1. The molecule has 0 fully saturated rings. The Morgan fingerprint density at radius 1 is 1.38 bits per heavy atom. The number of rotatable bonds is 5. The van der Waals surface area contributed by atoms with Crippen molar-refractivity contribution in [1.82, 2.24) is 0 Å². The fourth-order valence-electron chi connectivity index (χ4n) is 1.17. The Kier molecular flexibility index (Phi) is 9.52. The summed E-state index contributed by atoms with van der Waals surface area (Å²) in [6, 6.07) is 9.43. The van der Waals surface area contributed by atoms with Gasteiger partial charge in [-0.3, -0.25) is 4.79 Å². The van der Waals surface area contributed by atoms with Crippen LogP contribution in [-0.4, -0.2) is 12.6 Å². The Bertz CT molecular complexity index is 303.